The van der Waals surface area contributed by atoms with E-state index in [1.165, 1.54) is 0 Å². The maximum atomic E-state index is 12.4. The summed E-state index contributed by atoms with van der Waals surface area (Å²) in [5.74, 6) is -0.185. The van der Waals surface area contributed by atoms with Crippen LogP contribution in [0.1, 0.15) is 38.7 Å². The second-order valence-electron chi connectivity index (χ2n) is 9.00. The molecule has 0 aromatic heterocycles. The van der Waals surface area contributed by atoms with E-state index in [0.717, 1.165) is 5.56 Å². The van der Waals surface area contributed by atoms with Crippen molar-refractivity contribution in [3.63, 3.8) is 0 Å². The lowest BCUT2D eigenvalue weighted by molar-refractivity contribution is -0.331. The predicted octanol–water partition coefficient (Wildman–Crippen LogP) is 2.52. The van der Waals surface area contributed by atoms with Gasteiger partial charge in [-0.25, -0.2) is 4.79 Å². The van der Waals surface area contributed by atoms with Crippen LogP contribution in [0.4, 0.5) is 4.79 Å². The van der Waals surface area contributed by atoms with Crippen molar-refractivity contribution in [1.29, 1.82) is 0 Å². The minimum absolute atomic E-state index is 0.00496. The van der Waals surface area contributed by atoms with Crippen molar-refractivity contribution in [3.05, 3.63) is 35.9 Å². The number of hydrogen-bond donors (Lipinski definition) is 1. The van der Waals surface area contributed by atoms with E-state index in [1.54, 1.807) is 7.11 Å². The van der Waals surface area contributed by atoms with Crippen LogP contribution in [-0.4, -0.2) is 62.7 Å². The molecule has 0 spiro atoms. The van der Waals surface area contributed by atoms with Gasteiger partial charge in [0, 0.05) is 25.4 Å². The third-order valence-electron chi connectivity index (χ3n) is 6.49. The van der Waals surface area contributed by atoms with E-state index in [4.69, 9.17) is 28.4 Å². The van der Waals surface area contributed by atoms with Gasteiger partial charge in [-0.15, -0.1) is 0 Å². The first-order chi connectivity index (χ1) is 15.4. The van der Waals surface area contributed by atoms with Crippen molar-refractivity contribution in [2.24, 2.45) is 5.41 Å². The van der Waals surface area contributed by atoms with Crippen molar-refractivity contribution in [2.75, 3.05) is 13.9 Å². The molecule has 4 rings (SSSR count). The van der Waals surface area contributed by atoms with Crippen molar-refractivity contribution in [3.8, 4) is 0 Å². The molecule has 3 fully saturated rings. The van der Waals surface area contributed by atoms with E-state index in [0.29, 0.717) is 19.3 Å². The summed E-state index contributed by atoms with van der Waals surface area (Å²) in [4.78, 5) is 24.0. The average Bonchev–Trinajstić information content (AvgIpc) is 3.18. The molecule has 1 N–H and O–H groups in total. The minimum atomic E-state index is -0.764. The number of carbonyl (C=O) groups excluding carboxylic acids is 2. The number of alkyl carbamates (subject to hydrolysis) is 1. The Kier molecular flexibility index (Phi) is 6.99. The summed E-state index contributed by atoms with van der Waals surface area (Å²) in [5.41, 5.74) is 0.468. The van der Waals surface area contributed by atoms with E-state index in [-0.39, 0.29) is 37.7 Å². The number of cyclic esters (lactones) is 1. The summed E-state index contributed by atoms with van der Waals surface area (Å²) >= 11 is 0. The van der Waals surface area contributed by atoms with Crippen molar-refractivity contribution >= 4 is 12.1 Å². The van der Waals surface area contributed by atoms with Gasteiger partial charge in [-0.1, -0.05) is 44.2 Å². The molecule has 0 saturated carbocycles. The van der Waals surface area contributed by atoms with E-state index >= 15 is 0 Å². The molecule has 3 aliphatic heterocycles. The first-order valence-electron chi connectivity index (χ1n) is 11.0. The van der Waals surface area contributed by atoms with Gasteiger partial charge in [0.05, 0.1) is 12.2 Å². The Labute approximate surface area is 187 Å². The fourth-order valence-corrected chi connectivity index (χ4v) is 4.72. The lowest BCUT2D eigenvalue weighted by Crippen LogP contribution is -2.68. The maximum absolute atomic E-state index is 12.4. The van der Waals surface area contributed by atoms with Crippen LogP contribution in [-0.2, 0) is 39.8 Å². The number of rotatable bonds is 6. The maximum Gasteiger partial charge on any atom is 0.409 e. The number of carbonyl (C=O) groups is 2. The van der Waals surface area contributed by atoms with Crippen LogP contribution in [0, 0.1) is 5.41 Å². The van der Waals surface area contributed by atoms with Gasteiger partial charge in [-0.05, 0) is 12.0 Å². The van der Waals surface area contributed by atoms with Crippen molar-refractivity contribution in [2.45, 2.75) is 76.5 Å². The first kappa shape index (κ1) is 23.0. The summed E-state index contributed by atoms with van der Waals surface area (Å²) in [5, 5.41) is 2.75. The number of esters is 1. The number of methoxy groups -OCH3 is 1. The molecule has 9 nitrogen and oxygen atoms in total. The van der Waals surface area contributed by atoms with Gasteiger partial charge < -0.3 is 28.4 Å². The SMILES string of the molecule is CO[C@@H]1[C@H]2OCOC(NC(=O)OCc3ccccc3)[C@H]2O[C@H](C[C@H]2CCC(=O)O2)C1(C)C. The summed E-state index contributed by atoms with van der Waals surface area (Å²) in [6.07, 6.45) is -1.60. The molecule has 1 aromatic carbocycles. The Morgan fingerprint density at radius 2 is 1.97 bits per heavy atom. The van der Waals surface area contributed by atoms with Crippen LogP contribution in [0.15, 0.2) is 30.3 Å². The monoisotopic (exact) mass is 449 g/mol. The molecule has 1 aromatic rings. The Balaban J connectivity index is 1.43. The Morgan fingerprint density at radius 1 is 1.19 bits per heavy atom. The summed E-state index contributed by atoms with van der Waals surface area (Å²) in [7, 11) is 1.64. The molecular formula is C23H31NO8. The number of hydrogen-bond acceptors (Lipinski definition) is 8. The van der Waals surface area contributed by atoms with Gasteiger partial charge in [0.2, 0.25) is 0 Å². The van der Waals surface area contributed by atoms with Crippen molar-refractivity contribution in [1.82, 2.24) is 5.32 Å². The highest BCUT2D eigenvalue weighted by Crippen LogP contribution is 2.44. The molecule has 1 amide bonds. The molecule has 3 saturated heterocycles. The van der Waals surface area contributed by atoms with Gasteiger partial charge in [0.1, 0.15) is 31.7 Å². The fraction of sp³-hybridized carbons (Fsp3) is 0.652. The zero-order valence-electron chi connectivity index (χ0n) is 18.7. The minimum Gasteiger partial charge on any atom is -0.462 e. The summed E-state index contributed by atoms with van der Waals surface area (Å²) < 4.78 is 34.5. The van der Waals surface area contributed by atoms with Gasteiger partial charge in [-0.2, -0.15) is 0 Å². The highest BCUT2D eigenvalue weighted by atomic mass is 16.7. The molecule has 176 valence electrons. The highest BCUT2D eigenvalue weighted by molar-refractivity contribution is 5.71. The normalized spacial score (nSPS) is 33.8. The standard InChI is InChI=1S/C23H31NO8/c1-23(2)16(11-15-9-10-17(25)31-15)32-19-18(20(23)27-3)29-13-30-21(19)24-22(26)28-12-14-7-5-4-6-8-14/h4-8,15-16,18-21H,9-13H2,1-3H3,(H,24,26)/t15-,16-,18+,19+,20-,21?/m1/s1. The van der Waals surface area contributed by atoms with Crippen LogP contribution >= 0.6 is 0 Å². The molecule has 1 unspecified atom stereocenters. The molecule has 0 radical (unpaired) electrons. The largest absolute Gasteiger partial charge is 0.462 e. The number of nitrogens with one attached hydrogen (secondary N) is 1. The summed E-state index contributed by atoms with van der Waals surface area (Å²) in [6, 6.07) is 9.42. The molecule has 32 heavy (non-hydrogen) atoms. The predicted molar refractivity (Wildman–Crippen MR) is 111 cm³/mol. The van der Waals surface area contributed by atoms with E-state index in [1.807, 2.05) is 44.2 Å². The Bertz CT molecular complexity index is 800. The van der Waals surface area contributed by atoms with Gasteiger partial charge in [0.25, 0.3) is 0 Å². The molecule has 0 aliphatic carbocycles. The zero-order chi connectivity index (χ0) is 22.7. The zero-order valence-corrected chi connectivity index (χ0v) is 18.7. The van der Waals surface area contributed by atoms with Crippen LogP contribution in [0.25, 0.3) is 0 Å². The molecule has 6 atom stereocenters. The third-order valence-corrected chi connectivity index (χ3v) is 6.49. The number of benzene rings is 1. The number of fused-ring (bicyclic) bond motifs is 1. The first-order valence-corrected chi connectivity index (χ1v) is 11.0. The topological polar surface area (TPSA) is 102 Å². The molecule has 9 heteroatoms. The van der Waals surface area contributed by atoms with Gasteiger partial charge in [0.15, 0.2) is 6.23 Å². The average molecular weight is 450 g/mol. The molecular weight excluding hydrogens is 418 g/mol. The molecule has 3 aliphatic rings. The number of ether oxygens (including phenoxy) is 6. The summed E-state index contributed by atoms with van der Waals surface area (Å²) in [6.45, 7) is 4.24. The lowest BCUT2D eigenvalue weighted by Gasteiger charge is -2.54. The van der Waals surface area contributed by atoms with Crippen molar-refractivity contribution < 1.29 is 38.0 Å². The van der Waals surface area contributed by atoms with Crippen LogP contribution in [0.5, 0.6) is 0 Å². The second-order valence-corrected chi connectivity index (χ2v) is 9.00. The smallest absolute Gasteiger partial charge is 0.409 e. The van der Waals surface area contributed by atoms with Crippen LogP contribution in [0.2, 0.25) is 0 Å². The van der Waals surface area contributed by atoms with Gasteiger partial charge in [-0.3, -0.25) is 10.1 Å². The Hall–Kier alpha value is -2.20. The van der Waals surface area contributed by atoms with E-state index < -0.39 is 29.9 Å². The quantitative estimate of drug-likeness (QED) is 0.661. The van der Waals surface area contributed by atoms with E-state index in [9.17, 15) is 9.59 Å². The van der Waals surface area contributed by atoms with Gasteiger partial charge >= 0.3 is 12.1 Å². The second kappa shape index (κ2) is 9.74. The highest BCUT2D eigenvalue weighted by Gasteiger charge is 2.56. The number of amides is 1. The van der Waals surface area contributed by atoms with Crippen LogP contribution < -0.4 is 5.32 Å². The molecule has 3 heterocycles. The Morgan fingerprint density at radius 3 is 2.66 bits per heavy atom. The third kappa shape index (κ3) is 4.91. The lowest BCUT2D eigenvalue weighted by atomic mass is 9.72. The van der Waals surface area contributed by atoms with E-state index in [2.05, 4.69) is 5.32 Å². The fourth-order valence-electron chi connectivity index (χ4n) is 4.72. The van der Waals surface area contributed by atoms with Crippen LogP contribution in [0.3, 0.4) is 0 Å². The molecule has 0 bridgehead atoms.